The first-order valence-electron chi connectivity index (χ1n) is 7.75. The van der Waals surface area contributed by atoms with Gasteiger partial charge >= 0.3 is 11.9 Å². The molecule has 1 N–H and O–H groups in total. The number of hydrogen-bond acceptors (Lipinski definition) is 5. The number of carbonyl (C=O) groups is 3. The molecule has 0 fully saturated rings. The van der Waals surface area contributed by atoms with Crippen LogP contribution in [0.3, 0.4) is 0 Å². The van der Waals surface area contributed by atoms with E-state index in [2.05, 4.69) is 10.1 Å². The molecular weight excluding hydrogens is 369 g/mol. The summed E-state index contributed by atoms with van der Waals surface area (Å²) in [5.74, 6) is -1.90. The van der Waals surface area contributed by atoms with E-state index in [0.717, 1.165) is 0 Å². The molecule has 8 heteroatoms. The van der Waals surface area contributed by atoms with Crippen molar-refractivity contribution in [2.45, 2.75) is 32.7 Å². The Bertz CT molecular complexity index is 615. The van der Waals surface area contributed by atoms with E-state index in [4.69, 9.17) is 27.9 Å². The predicted octanol–water partition coefficient (Wildman–Crippen LogP) is 2.78. The standard InChI is InChI=1S/C17H21Cl2NO5/c1-4-10(2)16(17(23)24-3)20-14(21)9-25-15(22)8-11-12(18)6-5-7-13(11)19/h5-7,10,16H,4,8-9H2,1-3H3,(H,20,21)/t10-,16+/m1/s1. The summed E-state index contributed by atoms with van der Waals surface area (Å²) >= 11 is 12.0. The van der Waals surface area contributed by atoms with Gasteiger partial charge < -0.3 is 14.8 Å². The molecule has 0 spiro atoms. The van der Waals surface area contributed by atoms with E-state index in [9.17, 15) is 14.4 Å². The number of nitrogens with one attached hydrogen (secondary N) is 1. The van der Waals surface area contributed by atoms with E-state index in [1.54, 1.807) is 18.2 Å². The Morgan fingerprint density at radius 3 is 2.32 bits per heavy atom. The Labute approximate surface area is 156 Å². The van der Waals surface area contributed by atoms with Gasteiger partial charge in [0.25, 0.3) is 5.91 Å². The van der Waals surface area contributed by atoms with Crippen LogP contribution in [0.25, 0.3) is 0 Å². The number of esters is 2. The third kappa shape index (κ3) is 6.55. The third-order valence-electron chi connectivity index (χ3n) is 3.73. The van der Waals surface area contributed by atoms with Crippen molar-refractivity contribution in [3.63, 3.8) is 0 Å². The molecular formula is C17H21Cl2NO5. The Kier molecular flexibility index (Phi) is 8.72. The number of rotatable bonds is 8. The fraction of sp³-hybridized carbons (Fsp3) is 0.471. The number of hydrogen-bond donors (Lipinski definition) is 1. The third-order valence-corrected chi connectivity index (χ3v) is 4.44. The molecule has 2 atom stereocenters. The zero-order valence-corrected chi connectivity index (χ0v) is 15.8. The molecule has 0 bridgehead atoms. The lowest BCUT2D eigenvalue weighted by molar-refractivity contribution is -0.150. The Morgan fingerprint density at radius 1 is 1.20 bits per heavy atom. The maximum atomic E-state index is 11.9. The number of ether oxygens (including phenoxy) is 2. The molecule has 0 aliphatic carbocycles. The van der Waals surface area contributed by atoms with Gasteiger partial charge in [-0.05, 0) is 18.1 Å². The summed E-state index contributed by atoms with van der Waals surface area (Å²) < 4.78 is 9.60. The summed E-state index contributed by atoms with van der Waals surface area (Å²) in [5.41, 5.74) is 0.434. The van der Waals surface area contributed by atoms with Gasteiger partial charge in [0.2, 0.25) is 0 Å². The van der Waals surface area contributed by atoms with E-state index < -0.39 is 30.5 Å². The monoisotopic (exact) mass is 389 g/mol. The summed E-state index contributed by atoms with van der Waals surface area (Å²) in [4.78, 5) is 35.5. The van der Waals surface area contributed by atoms with Crippen LogP contribution in [0.5, 0.6) is 0 Å². The van der Waals surface area contributed by atoms with Gasteiger partial charge in [0.1, 0.15) is 6.04 Å². The normalized spacial score (nSPS) is 12.8. The van der Waals surface area contributed by atoms with Crippen molar-refractivity contribution >= 4 is 41.0 Å². The first kappa shape index (κ1) is 21.3. The Morgan fingerprint density at radius 2 is 1.80 bits per heavy atom. The number of benzene rings is 1. The lowest BCUT2D eigenvalue weighted by atomic mass is 9.99. The Balaban J connectivity index is 2.57. The van der Waals surface area contributed by atoms with Crippen molar-refractivity contribution in [1.82, 2.24) is 5.32 Å². The molecule has 1 aromatic carbocycles. The van der Waals surface area contributed by atoms with Gasteiger partial charge in [-0.3, -0.25) is 9.59 Å². The van der Waals surface area contributed by atoms with Crippen LogP contribution in [0.2, 0.25) is 10.0 Å². The van der Waals surface area contributed by atoms with Crippen molar-refractivity contribution in [3.8, 4) is 0 Å². The van der Waals surface area contributed by atoms with Gasteiger partial charge in [-0.15, -0.1) is 0 Å². The minimum absolute atomic E-state index is 0.117. The summed E-state index contributed by atoms with van der Waals surface area (Å²) in [7, 11) is 1.25. The lowest BCUT2D eigenvalue weighted by Crippen LogP contribution is -2.47. The Hall–Kier alpha value is -1.79. The second-order valence-electron chi connectivity index (χ2n) is 5.49. The van der Waals surface area contributed by atoms with Gasteiger partial charge in [0.05, 0.1) is 13.5 Å². The van der Waals surface area contributed by atoms with E-state index >= 15 is 0 Å². The summed E-state index contributed by atoms with van der Waals surface area (Å²) in [6.45, 7) is 3.19. The summed E-state index contributed by atoms with van der Waals surface area (Å²) in [5, 5.41) is 3.21. The van der Waals surface area contributed by atoms with E-state index in [-0.39, 0.29) is 12.3 Å². The van der Waals surface area contributed by atoms with Crippen LogP contribution in [0.4, 0.5) is 0 Å². The van der Waals surface area contributed by atoms with Crippen LogP contribution in [-0.2, 0) is 30.3 Å². The predicted molar refractivity (Wildman–Crippen MR) is 94.5 cm³/mol. The van der Waals surface area contributed by atoms with Crippen LogP contribution in [0.1, 0.15) is 25.8 Å². The number of methoxy groups -OCH3 is 1. The maximum absolute atomic E-state index is 11.9. The van der Waals surface area contributed by atoms with E-state index in [1.807, 2.05) is 13.8 Å². The minimum atomic E-state index is -0.792. The van der Waals surface area contributed by atoms with Crippen molar-refractivity contribution in [2.75, 3.05) is 13.7 Å². The molecule has 0 aliphatic rings. The highest BCUT2D eigenvalue weighted by Crippen LogP contribution is 2.24. The molecule has 138 valence electrons. The van der Waals surface area contributed by atoms with Crippen molar-refractivity contribution in [1.29, 1.82) is 0 Å². The first-order valence-corrected chi connectivity index (χ1v) is 8.51. The average Bonchev–Trinajstić information content (AvgIpc) is 2.59. The summed E-state index contributed by atoms with van der Waals surface area (Å²) in [6.07, 6.45) is 0.516. The van der Waals surface area contributed by atoms with E-state index in [0.29, 0.717) is 22.0 Å². The van der Waals surface area contributed by atoms with Crippen LogP contribution in [-0.4, -0.2) is 37.6 Å². The van der Waals surface area contributed by atoms with Crippen LogP contribution in [0.15, 0.2) is 18.2 Å². The zero-order valence-electron chi connectivity index (χ0n) is 14.3. The van der Waals surface area contributed by atoms with Crippen LogP contribution >= 0.6 is 23.2 Å². The number of halogens is 2. The molecule has 0 saturated carbocycles. The molecule has 0 saturated heterocycles. The molecule has 0 aromatic heterocycles. The molecule has 25 heavy (non-hydrogen) atoms. The van der Waals surface area contributed by atoms with Gasteiger partial charge in [0.15, 0.2) is 6.61 Å². The maximum Gasteiger partial charge on any atom is 0.328 e. The van der Waals surface area contributed by atoms with E-state index in [1.165, 1.54) is 7.11 Å². The molecule has 1 aromatic rings. The van der Waals surface area contributed by atoms with Crippen molar-refractivity contribution in [2.24, 2.45) is 5.92 Å². The molecule has 1 rings (SSSR count). The first-order chi connectivity index (χ1) is 11.8. The number of carbonyl (C=O) groups excluding carboxylic acids is 3. The molecule has 0 radical (unpaired) electrons. The molecule has 0 heterocycles. The largest absolute Gasteiger partial charge is 0.467 e. The molecule has 1 amide bonds. The zero-order chi connectivity index (χ0) is 19.0. The quantitative estimate of drug-likeness (QED) is 0.691. The smallest absolute Gasteiger partial charge is 0.328 e. The van der Waals surface area contributed by atoms with Crippen LogP contribution in [0, 0.1) is 5.92 Å². The topological polar surface area (TPSA) is 81.7 Å². The molecule has 0 aliphatic heterocycles. The van der Waals surface area contributed by atoms with Gasteiger partial charge in [-0.25, -0.2) is 4.79 Å². The second-order valence-corrected chi connectivity index (χ2v) is 6.31. The van der Waals surface area contributed by atoms with Crippen molar-refractivity contribution < 1.29 is 23.9 Å². The minimum Gasteiger partial charge on any atom is -0.467 e. The fourth-order valence-corrected chi connectivity index (χ4v) is 2.58. The highest BCUT2D eigenvalue weighted by atomic mass is 35.5. The average molecular weight is 390 g/mol. The molecule has 0 unspecified atom stereocenters. The van der Waals surface area contributed by atoms with Gasteiger partial charge in [0, 0.05) is 15.6 Å². The highest BCUT2D eigenvalue weighted by molar-refractivity contribution is 6.36. The lowest BCUT2D eigenvalue weighted by Gasteiger charge is -2.21. The van der Waals surface area contributed by atoms with Crippen LogP contribution < -0.4 is 5.32 Å². The SMILES string of the molecule is CC[C@@H](C)[C@H](NC(=O)COC(=O)Cc1c(Cl)cccc1Cl)C(=O)OC. The summed E-state index contributed by atoms with van der Waals surface area (Å²) in [6, 6.07) is 4.08. The molecule has 6 nitrogen and oxygen atoms in total. The van der Waals surface area contributed by atoms with Gasteiger partial charge in [-0.2, -0.15) is 0 Å². The highest BCUT2D eigenvalue weighted by Gasteiger charge is 2.27. The second kappa shape index (κ2) is 10.3. The van der Waals surface area contributed by atoms with Gasteiger partial charge in [-0.1, -0.05) is 49.5 Å². The number of amides is 1. The fourth-order valence-electron chi connectivity index (χ4n) is 2.05. The van der Waals surface area contributed by atoms with Crippen molar-refractivity contribution in [3.05, 3.63) is 33.8 Å².